The molecule has 0 aliphatic carbocycles. The summed E-state index contributed by atoms with van der Waals surface area (Å²) in [6.07, 6.45) is 0.785. The van der Waals surface area contributed by atoms with Crippen LogP contribution in [0.5, 0.6) is 0 Å². The third kappa shape index (κ3) is 3.21. The molecule has 0 bridgehead atoms. The lowest BCUT2D eigenvalue weighted by molar-refractivity contribution is -0.0452. The lowest BCUT2D eigenvalue weighted by Gasteiger charge is -2.36. The molecule has 18 heavy (non-hydrogen) atoms. The zero-order valence-electron chi connectivity index (χ0n) is 10.5. The highest BCUT2D eigenvalue weighted by molar-refractivity contribution is 6.20. The molecule has 2 atom stereocenters. The molecule has 1 saturated heterocycles. The summed E-state index contributed by atoms with van der Waals surface area (Å²) in [5.41, 5.74) is 0.0886. The van der Waals surface area contributed by atoms with E-state index in [4.69, 9.17) is 11.6 Å². The number of likely N-dealkylation sites (tertiary alicyclic amines) is 1. The van der Waals surface area contributed by atoms with Crippen molar-refractivity contribution in [1.29, 1.82) is 0 Å². The summed E-state index contributed by atoms with van der Waals surface area (Å²) in [5, 5.41) is 0.117. The molecule has 2 rings (SSSR count). The quantitative estimate of drug-likeness (QED) is 0.759. The second kappa shape index (κ2) is 5.54. The molecule has 1 fully saturated rings. The van der Waals surface area contributed by atoms with Crippen LogP contribution in [0.3, 0.4) is 0 Å². The maximum atomic E-state index is 14.1. The van der Waals surface area contributed by atoms with E-state index in [1.165, 1.54) is 12.1 Å². The van der Waals surface area contributed by atoms with E-state index in [0.29, 0.717) is 13.1 Å². The fourth-order valence-corrected chi connectivity index (χ4v) is 2.58. The minimum Gasteiger partial charge on any atom is -0.297 e. The van der Waals surface area contributed by atoms with Gasteiger partial charge in [-0.1, -0.05) is 37.3 Å². The predicted molar refractivity (Wildman–Crippen MR) is 70.2 cm³/mol. The van der Waals surface area contributed by atoms with E-state index < -0.39 is 5.92 Å². The van der Waals surface area contributed by atoms with Crippen molar-refractivity contribution in [2.75, 3.05) is 19.6 Å². The first-order valence-corrected chi connectivity index (χ1v) is 6.72. The number of hydrogen-bond acceptors (Lipinski definition) is 1. The lowest BCUT2D eigenvalue weighted by atomic mass is 9.98. The molecule has 0 spiro atoms. The van der Waals surface area contributed by atoms with Crippen molar-refractivity contribution in [3.63, 3.8) is 0 Å². The third-order valence-corrected chi connectivity index (χ3v) is 4.15. The van der Waals surface area contributed by atoms with Gasteiger partial charge in [0, 0.05) is 17.5 Å². The zero-order valence-corrected chi connectivity index (χ0v) is 11.2. The van der Waals surface area contributed by atoms with Crippen molar-refractivity contribution < 1.29 is 8.78 Å². The molecule has 0 saturated carbocycles. The number of halogens is 3. The van der Waals surface area contributed by atoms with Crippen molar-refractivity contribution in [2.45, 2.75) is 24.6 Å². The van der Waals surface area contributed by atoms with Gasteiger partial charge in [-0.3, -0.25) is 4.90 Å². The van der Waals surface area contributed by atoms with Gasteiger partial charge >= 0.3 is 0 Å². The van der Waals surface area contributed by atoms with E-state index in [1.807, 2.05) is 11.8 Å². The second-order valence-electron chi connectivity index (χ2n) is 5.09. The van der Waals surface area contributed by atoms with Crippen LogP contribution in [0.1, 0.15) is 18.9 Å². The molecule has 1 aliphatic rings. The molecule has 0 N–H and O–H groups in total. The number of nitrogens with zero attached hydrogens (tertiary/aromatic N) is 1. The Kier molecular flexibility index (Phi) is 4.23. The van der Waals surface area contributed by atoms with Crippen LogP contribution < -0.4 is 0 Å². The Hall–Kier alpha value is -0.670. The average Bonchev–Trinajstić information content (AvgIpc) is 2.35. The van der Waals surface area contributed by atoms with Crippen LogP contribution in [0.4, 0.5) is 8.78 Å². The minimum atomic E-state index is -2.79. The zero-order chi connectivity index (χ0) is 13.2. The summed E-state index contributed by atoms with van der Waals surface area (Å²) in [6.45, 7) is 3.10. The molecule has 0 radical (unpaired) electrons. The fraction of sp³-hybridized carbons (Fsp3) is 0.571. The first kappa shape index (κ1) is 13.8. The van der Waals surface area contributed by atoms with Crippen LogP contribution in [0, 0.1) is 5.92 Å². The van der Waals surface area contributed by atoms with Gasteiger partial charge in [-0.05, 0) is 18.9 Å². The highest BCUT2D eigenvalue weighted by Gasteiger charge is 2.36. The van der Waals surface area contributed by atoms with Crippen LogP contribution in [-0.2, 0) is 5.92 Å². The topological polar surface area (TPSA) is 3.24 Å². The number of benzene rings is 1. The van der Waals surface area contributed by atoms with Gasteiger partial charge in [0.1, 0.15) is 0 Å². The number of hydrogen-bond donors (Lipinski definition) is 0. The molecule has 4 heteroatoms. The summed E-state index contributed by atoms with van der Waals surface area (Å²) in [5.74, 6) is -2.52. The van der Waals surface area contributed by atoms with Gasteiger partial charge in [-0.2, -0.15) is 8.78 Å². The van der Waals surface area contributed by atoms with Gasteiger partial charge in [0.2, 0.25) is 0 Å². The van der Waals surface area contributed by atoms with Crippen LogP contribution >= 0.6 is 11.6 Å². The van der Waals surface area contributed by atoms with Gasteiger partial charge in [0.25, 0.3) is 5.92 Å². The molecular formula is C14H18ClF2N. The van der Waals surface area contributed by atoms with Gasteiger partial charge in [0.05, 0.1) is 6.54 Å². The Morgan fingerprint density at radius 2 is 2.00 bits per heavy atom. The number of alkyl halides is 3. The number of piperidine rings is 1. The normalized spacial score (nSPS) is 26.2. The molecule has 100 valence electrons. The largest absolute Gasteiger partial charge is 0.297 e. The van der Waals surface area contributed by atoms with Crippen molar-refractivity contribution >= 4 is 11.6 Å². The molecule has 1 aliphatic heterocycles. The molecule has 0 aromatic heterocycles. The van der Waals surface area contributed by atoms with Crippen LogP contribution in [0.2, 0.25) is 0 Å². The molecule has 1 nitrogen and oxygen atoms in total. The Balaban J connectivity index is 2.00. The fourth-order valence-electron chi connectivity index (χ4n) is 2.40. The summed E-state index contributed by atoms with van der Waals surface area (Å²) in [7, 11) is 0. The lowest BCUT2D eigenvalue weighted by Crippen LogP contribution is -2.44. The van der Waals surface area contributed by atoms with E-state index in [9.17, 15) is 8.78 Å². The molecule has 0 amide bonds. The van der Waals surface area contributed by atoms with E-state index in [2.05, 4.69) is 0 Å². The van der Waals surface area contributed by atoms with E-state index >= 15 is 0 Å². The highest BCUT2D eigenvalue weighted by atomic mass is 35.5. The summed E-state index contributed by atoms with van der Waals surface area (Å²) in [6, 6.07) is 8.02. The van der Waals surface area contributed by atoms with Crippen molar-refractivity contribution in [3.8, 4) is 0 Å². The third-order valence-electron chi connectivity index (χ3n) is 3.50. The average molecular weight is 274 g/mol. The molecule has 1 aromatic carbocycles. The SMILES string of the molecule is CC1CN(CC(F)(F)c2ccccc2)CCC1Cl. The monoisotopic (exact) mass is 273 g/mol. The van der Waals surface area contributed by atoms with Gasteiger partial charge < -0.3 is 0 Å². The molecular weight excluding hydrogens is 256 g/mol. The summed E-state index contributed by atoms with van der Waals surface area (Å²) >= 11 is 6.11. The van der Waals surface area contributed by atoms with Gasteiger partial charge in [-0.25, -0.2) is 0 Å². The van der Waals surface area contributed by atoms with Crippen molar-refractivity contribution in [3.05, 3.63) is 35.9 Å². The Labute approximate surface area is 112 Å². The maximum absolute atomic E-state index is 14.1. The maximum Gasteiger partial charge on any atom is 0.285 e. The first-order valence-electron chi connectivity index (χ1n) is 6.29. The minimum absolute atomic E-state index is 0.0886. The van der Waals surface area contributed by atoms with E-state index in [0.717, 1.165) is 6.42 Å². The van der Waals surface area contributed by atoms with Crippen molar-refractivity contribution in [1.82, 2.24) is 4.90 Å². The standard InChI is InChI=1S/C14H18ClF2N/c1-11-9-18(8-7-13(11)15)10-14(16,17)12-5-3-2-4-6-12/h2-6,11,13H,7-10H2,1H3. The van der Waals surface area contributed by atoms with E-state index in [1.54, 1.807) is 18.2 Å². The van der Waals surface area contributed by atoms with Gasteiger partial charge in [0.15, 0.2) is 0 Å². The Morgan fingerprint density at radius 1 is 1.33 bits per heavy atom. The smallest absolute Gasteiger partial charge is 0.285 e. The first-order chi connectivity index (χ1) is 8.49. The Morgan fingerprint density at radius 3 is 2.61 bits per heavy atom. The summed E-state index contributed by atoms with van der Waals surface area (Å²) in [4.78, 5) is 1.82. The highest BCUT2D eigenvalue weighted by Crippen LogP contribution is 2.31. The summed E-state index contributed by atoms with van der Waals surface area (Å²) < 4.78 is 28.2. The number of rotatable bonds is 3. The van der Waals surface area contributed by atoms with Crippen LogP contribution in [0.25, 0.3) is 0 Å². The van der Waals surface area contributed by atoms with Crippen LogP contribution in [-0.4, -0.2) is 29.9 Å². The molecule has 1 heterocycles. The van der Waals surface area contributed by atoms with Gasteiger partial charge in [-0.15, -0.1) is 11.6 Å². The molecule has 2 unspecified atom stereocenters. The predicted octanol–water partition coefficient (Wildman–Crippen LogP) is 3.73. The van der Waals surface area contributed by atoms with Crippen LogP contribution in [0.15, 0.2) is 30.3 Å². The van der Waals surface area contributed by atoms with E-state index in [-0.39, 0.29) is 23.4 Å². The Bertz CT molecular complexity index is 383. The second-order valence-corrected chi connectivity index (χ2v) is 5.65. The van der Waals surface area contributed by atoms with Crippen molar-refractivity contribution in [2.24, 2.45) is 5.92 Å². The molecule has 1 aromatic rings.